The summed E-state index contributed by atoms with van der Waals surface area (Å²) in [6.07, 6.45) is 0. The van der Waals surface area contributed by atoms with Gasteiger partial charge in [-0.05, 0) is 128 Å². The van der Waals surface area contributed by atoms with Gasteiger partial charge >= 0.3 is 183 Å². The molecule has 0 aromatic heterocycles. The third-order valence-corrected chi connectivity index (χ3v) is 16.3. The van der Waals surface area contributed by atoms with Crippen molar-refractivity contribution in [2.24, 2.45) is 0 Å². The largest absolute Gasteiger partial charge is 1.00 e. The van der Waals surface area contributed by atoms with Gasteiger partial charge < -0.3 is 64.8 Å². The first-order chi connectivity index (χ1) is 40.6. The molecule has 0 fully saturated rings. The number of carbonyl (C=O) groups excluding carboxylic acids is 5. The second-order valence-electron chi connectivity index (χ2n) is 17.6. The summed E-state index contributed by atoms with van der Waals surface area (Å²) in [6, 6.07) is 25.8. The Morgan fingerprint density at radius 3 is 1.33 bits per heavy atom. The first-order valence-electron chi connectivity index (χ1n) is 23.5. The molecule has 448 valence electrons. The number of nitrogens with one attached hydrogen (secondary N) is 6. The Bertz CT molecular complexity index is 4510. The van der Waals surface area contributed by atoms with Gasteiger partial charge in [0.15, 0.2) is 0 Å². The first kappa shape index (κ1) is 85.6. The van der Waals surface area contributed by atoms with Gasteiger partial charge in [0.25, 0.3) is 23.6 Å². The van der Waals surface area contributed by atoms with Crippen molar-refractivity contribution in [2.75, 3.05) is 31.9 Å². The number of rotatable bonds is 21. The molecule has 0 spiro atoms. The van der Waals surface area contributed by atoms with Crippen LogP contribution in [0, 0.1) is 13.8 Å². The number of urea groups is 1. The summed E-state index contributed by atoms with van der Waals surface area (Å²) < 4.78 is 146. The van der Waals surface area contributed by atoms with Crippen molar-refractivity contribution < 1.29 is 282 Å². The van der Waals surface area contributed by atoms with Crippen LogP contribution in [0.5, 0.6) is 5.75 Å². The van der Waals surface area contributed by atoms with Crippen LogP contribution in [0.3, 0.4) is 0 Å². The maximum Gasteiger partial charge on any atom is 1.00 e. The minimum absolute atomic E-state index is 0. The van der Waals surface area contributed by atoms with E-state index in [4.69, 9.17) is 0 Å². The molecule has 0 heterocycles. The van der Waals surface area contributed by atoms with Gasteiger partial charge in [-0.25, -0.2) is 34.3 Å². The van der Waals surface area contributed by atoms with Crippen LogP contribution in [0.4, 0.5) is 38.9 Å². The number of hydrogen-bond acceptors (Lipinski definition) is 25. The number of anilines is 6. The Morgan fingerprint density at radius 2 is 0.880 bits per heavy atom. The second kappa shape index (κ2) is 37.5. The van der Waals surface area contributed by atoms with Crippen LogP contribution in [0.15, 0.2) is 158 Å². The van der Waals surface area contributed by atoms with Crippen LogP contribution in [-0.4, -0.2) is 77.3 Å². The monoisotopic (exact) mass is 1430 g/mol. The van der Waals surface area contributed by atoms with Crippen molar-refractivity contribution in [2.45, 2.75) is 38.3 Å². The van der Waals surface area contributed by atoms with Crippen LogP contribution < -0.4 is 224 Å². The van der Waals surface area contributed by atoms with Crippen molar-refractivity contribution in [3.05, 3.63) is 167 Å². The third-order valence-electron chi connectivity index (χ3n) is 12.1. The first-order valence-corrected chi connectivity index (χ1v) is 30.2. The summed E-state index contributed by atoms with van der Waals surface area (Å²) in [5.74, 6) is -3.80. The Balaban J connectivity index is 0.00000480. The molecule has 29 nitrogen and oxygen atoms in total. The van der Waals surface area contributed by atoms with E-state index in [1.165, 1.54) is 97.1 Å². The van der Waals surface area contributed by atoms with Gasteiger partial charge in [0.05, 0.1) is 50.1 Å². The van der Waals surface area contributed by atoms with Crippen LogP contribution >= 0.6 is 24.1 Å². The predicted octanol–water partition coefficient (Wildman–Crippen LogP) is -12.4. The van der Waals surface area contributed by atoms with Gasteiger partial charge in [-0.3, -0.25) is 29.3 Å². The molecule has 8 aromatic rings. The van der Waals surface area contributed by atoms with E-state index in [1.54, 1.807) is 13.8 Å². The molecule has 0 bridgehead atoms. The molecule has 1 atom stereocenters. The maximum atomic E-state index is 13.7. The molecule has 6 amide bonds. The fraction of sp³-hybridized carbons (Fsp3) is 0.0392. The van der Waals surface area contributed by atoms with E-state index in [1.807, 2.05) is 0 Å². The summed E-state index contributed by atoms with van der Waals surface area (Å²) in [5, 5.41) is 41.9. The molecule has 92 heavy (non-hydrogen) atoms. The maximum absolute atomic E-state index is 13.7. The SMILES string of the molecule is Cc1ccc(C(=O)Nc2ccc(S(=O)(=O)[O-])c3cc(S(=O)(=O)[O-])cc(SOO[O-])c23)cc1NC(=O)c1cccc(NC(=O)Nc2cccc(C(=O)Nc3cc(C(=O)Nc4ccc(SOO[O-])c5cc(OS(=O)[O-])cc(S(=O)(=O)[O-])c45)ccc3C)c2)c1.[Na+].[Na+].[Na+].[Na+].[Na+].[Na+]. The average molecular weight is 1430 g/mol. The van der Waals surface area contributed by atoms with Gasteiger partial charge in [-0.1, -0.05) is 24.3 Å². The zero-order valence-corrected chi connectivity index (χ0v) is 65.9. The van der Waals surface area contributed by atoms with Crippen molar-refractivity contribution in [3.8, 4) is 5.75 Å². The van der Waals surface area contributed by atoms with E-state index in [0.29, 0.717) is 29.3 Å². The fourth-order valence-corrected chi connectivity index (χ4v) is 11.6. The standard InChI is InChI=1S/C51H40N6O23S6.6Na/c1-25-9-11-29(49(60)54-37-14-16-43(85(70,71)72)36-23-34(84(67,68)69)24-42(45(36)37)82-80-78-64)19-39(25)56-47(58)27-5-3-7-31(17-27)52-51(62)53-32-8-4-6-28(18-32)48(59)57-40-20-30(12-10-26(40)2)50(61)55-38-13-15-41(81-79-77-63)35-21-33(76-83(65)66)22-44(46(35)38)86(73,74)75;;;;;;/h3-24,63-64H,1-2H3,(H,54,60)(H,55,61)(H,56,58)(H,57,59)(H,65,66)(H2,52,53,62)(H,67,68,69)(H,70,71,72)(H,73,74,75);;;;;;/q;6*+1/p-6. The zero-order valence-electron chi connectivity index (χ0n) is 49.0. The topological polar surface area (TPSA) is 462 Å². The van der Waals surface area contributed by atoms with Gasteiger partial charge in [0.1, 0.15) is 47.5 Å². The van der Waals surface area contributed by atoms with E-state index >= 15 is 0 Å². The number of carbonyl (C=O) groups is 5. The number of aryl methyl sites for hydroxylation is 2. The summed E-state index contributed by atoms with van der Waals surface area (Å²) in [7, 11) is -16.1. The van der Waals surface area contributed by atoms with Gasteiger partial charge in [-0.15, -0.1) is 0 Å². The minimum atomic E-state index is -5.42. The molecule has 8 rings (SSSR count). The zero-order chi connectivity index (χ0) is 62.4. The molecular weight excluding hydrogens is 1390 g/mol. The van der Waals surface area contributed by atoms with Crippen molar-refractivity contribution >= 4 is 151 Å². The van der Waals surface area contributed by atoms with Crippen LogP contribution in [0.2, 0.25) is 0 Å². The van der Waals surface area contributed by atoms with Gasteiger partial charge in [-0.2, -0.15) is 8.67 Å². The van der Waals surface area contributed by atoms with E-state index < -0.39 is 107 Å². The predicted molar refractivity (Wildman–Crippen MR) is 297 cm³/mol. The van der Waals surface area contributed by atoms with Crippen LogP contribution in [-0.2, 0) is 60.5 Å². The minimum Gasteiger partial charge on any atom is -0.744 e. The molecular formula is C51H34N6Na6O23S6. The van der Waals surface area contributed by atoms with E-state index in [2.05, 4.69) is 54.8 Å². The normalized spacial score (nSPS) is 11.3. The molecule has 0 aliphatic rings. The number of hydrogen-bond donors (Lipinski definition) is 6. The molecule has 1 unspecified atom stereocenters. The molecule has 0 aliphatic carbocycles. The average Bonchev–Trinajstić information content (AvgIpc) is 0.773. The third kappa shape index (κ3) is 22.3. The summed E-state index contributed by atoms with van der Waals surface area (Å²) in [5.41, 5.74) is 0.778. The van der Waals surface area contributed by atoms with Crippen LogP contribution in [0.25, 0.3) is 21.5 Å². The molecule has 0 saturated heterocycles. The van der Waals surface area contributed by atoms with Gasteiger partial charge in [0.2, 0.25) is 0 Å². The van der Waals surface area contributed by atoms with E-state index in [9.17, 15) is 82.2 Å². The molecule has 0 radical (unpaired) electrons. The summed E-state index contributed by atoms with van der Waals surface area (Å²) >= 11 is -2.92. The number of benzene rings is 8. The Kier molecular flexibility index (Phi) is 34.9. The van der Waals surface area contributed by atoms with Crippen LogP contribution in [0.1, 0.15) is 52.6 Å². The molecule has 41 heteroatoms. The Labute approximate surface area is 666 Å². The van der Waals surface area contributed by atoms with E-state index in [-0.39, 0.29) is 273 Å². The molecule has 0 aliphatic heterocycles. The van der Waals surface area contributed by atoms with E-state index in [0.717, 1.165) is 18.2 Å². The summed E-state index contributed by atoms with van der Waals surface area (Å²) in [4.78, 5) is 64.5. The molecule has 6 N–H and O–H groups in total. The Morgan fingerprint density at radius 1 is 0.446 bits per heavy atom. The number of amides is 6. The second-order valence-corrected chi connectivity index (χ2v) is 23.8. The number of fused-ring (bicyclic) bond motifs is 2. The van der Waals surface area contributed by atoms with Crippen molar-refractivity contribution in [3.63, 3.8) is 0 Å². The smallest absolute Gasteiger partial charge is 0.744 e. The van der Waals surface area contributed by atoms with Crippen molar-refractivity contribution in [1.29, 1.82) is 0 Å². The van der Waals surface area contributed by atoms with Crippen molar-refractivity contribution in [1.82, 2.24) is 0 Å². The van der Waals surface area contributed by atoms with Gasteiger partial charge in [0, 0.05) is 82.4 Å². The molecule has 8 aromatic carbocycles. The Hall–Kier alpha value is -2.47. The quantitative estimate of drug-likeness (QED) is 0.00971. The fourth-order valence-electron chi connectivity index (χ4n) is 8.27. The molecule has 0 saturated carbocycles. The summed E-state index contributed by atoms with van der Waals surface area (Å²) in [6.45, 7) is 3.21.